The Morgan fingerprint density at radius 1 is 1.17 bits per heavy atom. The van der Waals surface area contributed by atoms with Crippen molar-refractivity contribution >= 4 is 11.9 Å². The first-order valence-electron chi connectivity index (χ1n) is 7.11. The van der Waals surface area contributed by atoms with Crippen LogP contribution in [0.15, 0.2) is 0 Å². The zero-order valence-electron chi connectivity index (χ0n) is 10.8. The number of carboxylic acid groups (broad SMARTS) is 1. The van der Waals surface area contributed by atoms with Crippen molar-refractivity contribution in [2.45, 2.75) is 45.1 Å². The lowest BCUT2D eigenvalue weighted by molar-refractivity contribution is -0.156. The van der Waals surface area contributed by atoms with Gasteiger partial charge in [0.1, 0.15) is 6.04 Å². The Kier molecular flexibility index (Phi) is 2.83. The quantitative estimate of drug-likeness (QED) is 0.813. The van der Waals surface area contributed by atoms with Crippen LogP contribution in [0.25, 0.3) is 0 Å². The molecule has 4 atom stereocenters. The number of rotatable bonds is 2. The van der Waals surface area contributed by atoms with Crippen molar-refractivity contribution < 1.29 is 14.7 Å². The number of aliphatic carboxylic acids is 1. The van der Waals surface area contributed by atoms with Gasteiger partial charge in [0.25, 0.3) is 0 Å². The molecule has 4 nitrogen and oxygen atoms in total. The molecule has 1 aliphatic heterocycles. The second-order valence-corrected chi connectivity index (χ2v) is 6.36. The van der Waals surface area contributed by atoms with Crippen LogP contribution in [0.1, 0.15) is 39.0 Å². The fraction of sp³-hybridized carbons (Fsp3) is 0.857. The number of fused-ring (bicyclic) bond motifs is 1. The second-order valence-electron chi connectivity index (χ2n) is 6.36. The smallest absolute Gasteiger partial charge is 0.326 e. The second kappa shape index (κ2) is 4.25. The fourth-order valence-electron chi connectivity index (χ4n) is 3.96. The Morgan fingerprint density at radius 2 is 1.83 bits per heavy atom. The molecule has 1 amide bonds. The summed E-state index contributed by atoms with van der Waals surface area (Å²) in [7, 11) is 0. The lowest BCUT2D eigenvalue weighted by Gasteiger charge is -2.38. The van der Waals surface area contributed by atoms with E-state index in [4.69, 9.17) is 0 Å². The van der Waals surface area contributed by atoms with E-state index >= 15 is 0 Å². The number of carbonyl (C=O) groups excluding carboxylic acids is 1. The SMILES string of the molecule is CC1CCCN(C(=O)C2CC3CC3C2)C1C(=O)O. The standard InChI is InChI=1S/C14H21NO3/c1-8-3-2-4-15(12(8)14(17)18)13(16)11-6-9-5-10(9)7-11/h8-12H,2-7H2,1H3,(H,17,18). The number of carbonyl (C=O) groups is 2. The number of nitrogens with zero attached hydrogens (tertiary/aromatic N) is 1. The maximum absolute atomic E-state index is 12.5. The van der Waals surface area contributed by atoms with E-state index in [-0.39, 0.29) is 17.7 Å². The third-order valence-electron chi connectivity index (χ3n) is 5.06. The van der Waals surface area contributed by atoms with Crippen molar-refractivity contribution in [2.24, 2.45) is 23.7 Å². The topological polar surface area (TPSA) is 57.6 Å². The lowest BCUT2D eigenvalue weighted by Crippen LogP contribution is -2.53. The summed E-state index contributed by atoms with van der Waals surface area (Å²) in [5.41, 5.74) is 0. The van der Waals surface area contributed by atoms with Crippen LogP contribution in [0.3, 0.4) is 0 Å². The molecular weight excluding hydrogens is 230 g/mol. The molecule has 0 spiro atoms. The molecule has 4 unspecified atom stereocenters. The Hall–Kier alpha value is -1.06. The molecule has 1 N–H and O–H groups in total. The molecule has 100 valence electrons. The third kappa shape index (κ3) is 1.91. The highest BCUT2D eigenvalue weighted by Gasteiger charge is 2.50. The van der Waals surface area contributed by atoms with E-state index < -0.39 is 12.0 Å². The van der Waals surface area contributed by atoms with Crippen molar-refractivity contribution in [1.29, 1.82) is 0 Å². The van der Waals surface area contributed by atoms with Crippen molar-refractivity contribution in [3.05, 3.63) is 0 Å². The van der Waals surface area contributed by atoms with Crippen LogP contribution in [-0.2, 0) is 9.59 Å². The predicted octanol–water partition coefficient (Wildman–Crippen LogP) is 1.74. The van der Waals surface area contributed by atoms with Crippen LogP contribution < -0.4 is 0 Å². The zero-order valence-corrected chi connectivity index (χ0v) is 10.8. The van der Waals surface area contributed by atoms with Gasteiger partial charge in [-0.3, -0.25) is 4.79 Å². The minimum absolute atomic E-state index is 0.0798. The van der Waals surface area contributed by atoms with Crippen LogP contribution in [0.2, 0.25) is 0 Å². The molecule has 0 bridgehead atoms. The van der Waals surface area contributed by atoms with E-state index in [2.05, 4.69) is 0 Å². The summed E-state index contributed by atoms with van der Waals surface area (Å²) in [6.45, 7) is 2.58. The van der Waals surface area contributed by atoms with Crippen molar-refractivity contribution in [3.8, 4) is 0 Å². The molecule has 3 aliphatic rings. The van der Waals surface area contributed by atoms with Gasteiger partial charge < -0.3 is 10.0 Å². The predicted molar refractivity (Wildman–Crippen MR) is 65.9 cm³/mol. The van der Waals surface area contributed by atoms with E-state index in [9.17, 15) is 14.7 Å². The highest BCUT2D eigenvalue weighted by atomic mass is 16.4. The van der Waals surface area contributed by atoms with Crippen molar-refractivity contribution in [2.75, 3.05) is 6.54 Å². The van der Waals surface area contributed by atoms with E-state index in [0.29, 0.717) is 6.54 Å². The number of hydrogen-bond donors (Lipinski definition) is 1. The summed E-state index contributed by atoms with van der Waals surface area (Å²) in [5, 5.41) is 9.34. The largest absolute Gasteiger partial charge is 0.480 e. The molecule has 2 aliphatic carbocycles. The molecule has 3 rings (SSSR count). The van der Waals surface area contributed by atoms with Crippen LogP contribution in [0, 0.1) is 23.7 Å². The Balaban J connectivity index is 1.72. The first kappa shape index (κ1) is 12.0. The molecule has 3 fully saturated rings. The monoisotopic (exact) mass is 251 g/mol. The normalized spacial score (nSPS) is 42.5. The van der Waals surface area contributed by atoms with Gasteiger partial charge in [0.05, 0.1) is 0 Å². The molecule has 0 aromatic carbocycles. The van der Waals surface area contributed by atoms with Gasteiger partial charge in [-0.05, 0) is 49.9 Å². The van der Waals surface area contributed by atoms with Gasteiger partial charge in [-0.1, -0.05) is 6.92 Å². The summed E-state index contributed by atoms with van der Waals surface area (Å²) in [5.74, 6) is 1.01. The Bertz CT molecular complexity index is 371. The maximum atomic E-state index is 12.5. The number of likely N-dealkylation sites (tertiary alicyclic amines) is 1. The Labute approximate surface area is 107 Å². The first-order valence-corrected chi connectivity index (χ1v) is 7.11. The summed E-state index contributed by atoms with van der Waals surface area (Å²) < 4.78 is 0. The Morgan fingerprint density at radius 3 is 2.44 bits per heavy atom. The van der Waals surface area contributed by atoms with Crippen molar-refractivity contribution in [3.63, 3.8) is 0 Å². The summed E-state index contributed by atoms with van der Waals surface area (Å²) >= 11 is 0. The zero-order chi connectivity index (χ0) is 12.9. The molecule has 0 aromatic rings. The number of hydrogen-bond acceptors (Lipinski definition) is 2. The number of carboxylic acids is 1. The molecule has 4 heteroatoms. The average molecular weight is 251 g/mol. The molecular formula is C14H21NO3. The molecule has 1 heterocycles. The summed E-state index contributed by atoms with van der Waals surface area (Å²) in [6.07, 6.45) is 5.15. The van der Waals surface area contributed by atoms with Gasteiger partial charge in [-0.25, -0.2) is 4.79 Å². The van der Waals surface area contributed by atoms with Crippen LogP contribution in [0.4, 0.5) is 0 Å². The van der Waals surface area contributed by atoms with E-state index in [1.54, 1.807) is 4.90 Å². The highest BCUT2D eigenvalue weighted by molar-refractivity contribution is 5.85. The fourth-order valence-corrected chi connectivity index (χ4v) is 3.96. The first-order chi connectivity index (χ1) is 8.58. The van der Waals surface area contributed by atoms with Crippen LogP contribution in [0.5, 0.6) is 0 Å². The van der Waals surface area contributed by atoms with Crippen LogP contribution in [-0.4, -0.2) is 34.5 Å². The van der Waals surface area contributed by atoms with Crippen molar-refractivity contribution in [1.82, 2.24) is 4.90 Å². The average Bonchev–Trinajstić information content (AvgIpc) is 2.94. The minimum Gasteiger partial charge on any atom is -0.480 e. The summed E-state index contributed by atoms with van der Waals surface area (Å²) in [6, 6.07) is -0.594. The third-order valence-corrected chi connectivity index (χ3v) is 5.06. The van der Waals surface area contributed by atoms with Gasteiger partial charge in [0.2, 0.25) is 5.91 Å². The molecule has 0 aromatic heterocycles. The number of piperidine rings is 1. The van der Waals surface area contributed by atoms with E-state index in [1.807, 2.05) is 6.92 Å². The maximum Gasteiger partial charge on any atom is 0.326 e. The molecule has 0 radical (unpaired) electrons. The minimum atomic E-state index is -0.835. The molecule has 1 saturated heterocycles. The van der Waals surface area contributed by atoms with Gasteiger partial charge in [-0.15, -0.1) is 0 Å². The van der Waals surface area contributed by atoms with E-state index in [0.717, 1.165) is 37.5 Å². The lowest BCUT2D eigenvalue weighted by atomic mass is 9.89. The van der Waals surface area contributed by atoms with Gasteiger partial charge in [0.15, 0.2) is 0 Å². The molecule has 2 saturated carbocycles. The van der Waals surface area contributed by atoms with E-state index in [1.165, 1.54) is 6.42 Å². The number of amides is 1. The van der Waals surface area contributed by atoms with Crippen LogP contribution >= 0.6 is 0 Å². The van der Waals surface area contributed by atoms with Gasteiger partial charge >= 0.3 is 5.97 Å². The van der Waals surface area contributed by atoms with Gasteiger partial charge in [0, 0.05) is 12.5 Å². The summed E-state index contributed by atoms with van der Waals surface area (Å²) in [4.78, 5) is 25.5. The molecule has 18 heavy (non-hydrogen) atoms. The highest BCUT2D eigenvalue weighted by Crippen LogP contribution is 2.54. The van der Waals surface area contributed by atoms with Gasteiger partial charge in [-0.2, -0.15) is 0 Å².